The Kier molecular flexibility index (Phi) is 3.87. The molecule has 2 rings (SSSR count). The lowest BCUT2D eigenvalue weighted by atomic mass is 10.2. The van der Waals surface area contributed by atoms with Crippen LogP contribution in [-0.2, 0) is 13.1 Å². The van der Waals surface area contributed by atoms with Crippen molar-refractivity contribution in [2.45, 2.75) is 45.8 Å². The maximum absolute atomic E-state index is 5.98. The second-order valence-electron chi connectivity index (χ2n) is 4.51. The summed E-state index contributed by atoms with van der Waals surface area (Å²) < 4.78 is 2.10. The molecule has 0 N–H and O–H groups in total. The Bertz CT molecular complexity index is 348. The third-order valence-electron chi connectivity index (χ3n) is 3.33. The summed E-state index contributed by atoms with van der Waals surface area (Å²) >= 11 is 5.98. The van der Waals surface area contributed by atoms with E-state index in [0.29, 0.717) is 6.04 Å². The topological polar surface area (TPSA) is 21.1 Å². The van der Waals surface area contributed by atoms with Gasteiger partial charge >= 0.3 is 0 Å². The molecular weight excluding hydrogens is 222 g/mol. The van der Waals surface area contributed by atoms with Gasteiger partial charge in [-0.15, -0.1) is 11.6 Å². The van der Waals surface area contributed by atoms with E-state index in [0.717, 1.165) is 24.7 Å². The molecule has 1 aliphatic heterocycles. The molecule has 2 heterocycles. The normalized spacial score (nSPS) is 21.8. The standard InChI is InChI=1S/C12H20ClN3/c1-3-16-12(7-10(2)14-16)9-15-6-4-5-11(15)8-13/h7,11H,3-6,8-9H2,1-2H3. The first kappa shape index (κ1) is 11.9. The smallest absolute Gasteiger partial charge is 0.0597 e. The van der Waals surface area contributed by atoms with Gasteiger partial charge in [-0.05, 0) is 39.3 Å². The first-order chi connectivity index (χ1) is 7.74. The Morgan fingerprint density at radius 2 is 2.38 bits per heavy atom. The molecule has 1 aromatic rings. The van der Waals surface area contributed by atoms with Gasteiger partial charge in [0.1, 0.15) is 0 Å². The van der Waals surface area contributed by atoms with Crippen LogP contribution in [0.1, 0.15) is 31.2 Å². The van der Waals surface area contributed by atoms with E-state index in [-0.39, 0.29) is 0 Å². The molecule has 1 atom stereocenters. The lowest BCUT2D eigenvalue weighted by molar-refractivity contribution is 0.254. The minimum absolute atomic E-state index is 0.558. The lowest BCUT2D eigenvalue weighted by Gasteiger charge is -2.22. The van der Waals surface area contributed by atoms with Gasteiger partial charge in [0.2, 0.25) is 0 Å². The molecule has 0 saturated carbocycles. The zero-order valence-electron chi connectivity index (χ0n) is 10.1. The van der Waals surface area contributed by atoms with Gasteiger partial charge in [-0.3, -0.25) is 9.58 Å². The van der Waals surface area contributed by atoms with Crippen LogP contribution in [0.3, 0.4) is 0 Å². The molecule has 0 aromatic carbocycles. The third-order valence-corrected chi connectivity index (χ3v) is 3.68. The molecule has 1 saturated heterocycles. The maximum Gasteiger partial charge on any atom is 0.0597 e. The summed E-state index contributed by atoms with van der Waals surface area (Å²) in [4.78, 5) is 2.48. The molecule has 0 amide bonds. The molecule has 1 fully saturated rings. The Morgan fingerprint density at radius 1 is 1.56 bits per heavy atom. The van der Waals surface area contributed by atoms with Crippen molar-refractivity contribution in [3.05, 3.63) is 17.5 Å². The first-order valence-corrected chi connectivity index (χ1v) is 6.61. The van der Waals surface area contributed by atoms with Crippen LogP contribution >= 0.6 is 11.6 Å². The predicted octanol–water partition coefficient (Wildman–Crippen LogP) is 2.41. The van der Waals surface area contributed by atoms with Crippen molar-refractivity contribution in [2.24, 2.45) is 0 Å². The van der Waals surface area contributed by atoms with Gasteiger partial charge in [-0.1, -0.05) is 0 Å². The molecule has 1 aromatic heterocycles. The van der Waals surface area contributed by atoms with Crippen molar-refractivity contribution in [1.29, 1.82) is 0 Å². The summed E-state index contributed by atoms with van der Waals surface area (Å²) in [5.41, 5.74) is 2.43. The summed E-state index contributed by atoms with van der Waals surface area (Å²) in [5, 5.41) is 4.48. The highest BCUT2D eigenvalue weighted by atomic mass is 35.5. The van der Waals surface area contributed by atoms with Gasteiger partial charge in [-0.25, -0.2) is 0 Å². The van der Waals surface area contributed by atoms with Crippen molar-refractivity contribution in [2.75, 3.05) is 12.4 Å². The van der Waals surface area contributed by atoms with Crippen LogP contribution in [0.25, 0.3) is 0 Å². The van der Waals surface area contributed by atoms with Crippen LogP contribution in [0, 0.1) is 6.92 Å². The fourth-order valence-corrected chi connectivity index (χ4v) is 2.84. The lowest BCUT2D eigenvalue weighted by Crippen LogP contribution is -2.31. The number of aryl methyl sites for hydroxylation is 2. The molecular formula is C12H20ClN3. The van der Waals surface area contributed by atoms with E-state index in [1.165, 1.54) is 25.1 Å². The quantitative estimate of drug-likeness (QED) is 0.755. The average molecular weight is 242 g/mol. The van der Waals surface area contributed by atoms with E-state index >= 15 is 0 Å². The first-order valence-electron chi connectivity index (χ1n) is 6.08. The molecule has 1 aliphatic rings. The van der Waals surface area contributed by atoms with Crippen LogP contribution in [0.4, 0.5) is 0 Å². The van der Waals surface area contributed by atoms with Crippen LogP contribution in [-0.4, -0.2) is 33.1 Å². The highest BCUT2D eigenvalue weighted by Crippen LogP contribution is 2.21. The number of rotatable bonds is 4. The SMILES string of the molecule is CCn1nc(C)cc1CN1CCCC1CCl. The van der Waals surface area contributed by atoms with Gasteiger partial charge in [0.25, 0.3) is 0 Å². The second-order valence-corrected chi connectivity index (χ2v) is 4.82. The summed E-state index contributed by atoms with van der Waals surface area (Å²) in [5.74, 6) is 0.749. The van der Waals surface area contributed by atoms with Crippen molar-refractivity contribution < 1.29 is 0 Å². The van der Waals surface area contributed by atoms with Crippen LogP contribution < -0.4 is 0 Å². The monoisotopic (exact) mass is 241 g/mol. The minimum Gasteiger partial charge on any atom is -0.293 e. The number of alkyl halides is 1. The highest BCUT2D eigenvalue weighted by Gasteiger charge is 2.24. The van der Waals surface area contributed by atoms with E-state index in [1.54, 1.807) is 0 Å². The molecule has 0 aliphatic carbocycles. The maximum atomic E-state index is 5.98. The largest absolute Gasteiger partial charge is 0.293 e. The summed E-state index contributed by atoms with van der Waals surface area (Å²) in [7, 11) is 0. The van der Waals surface area contributed by atoms with Gasteiger partial charge in [0.15, 0.2) is 0 Å². The Labute approximate surface area is 102 Å². The zero-order chi connectivity index (χ0) is 11.5. The highest BCUT2D eigenvalue weighted by molar-refractivity contribution is 6.18. The van der Waals surface area contributed by atoms with Gasteiger partial charge in [-0.2, -0.15) is 5.10 Å². The molecule has 0 radical (unpaired) electrons. The van der Waals surface area contributed by atoms with Gasteiger partial charge < -0.3 is 0 Å². The van der Waals surface area contributed by atoms with Crippen LogP contribution in [0.5, 0.6) is 0 Å². The Balaban J connectivity index is 2.07. The fourth-order valence-electron chi connectivity index (χ4n) is 2.49. The van der Waals surface area contributed by atoms with E-state index in [1.807, 2.05) is 0 Å². The van der Waals surface area contributed by atoms with E-state index < -0.39 is 0 Å². The molecule has 3 nitrogen and oxygen atoms in total. The summed E-state index contributed by atoms with van der Waals surface area (Å²) in [6.45, 7) is 7.30. The zero-order valence-corrected chi connectivity index (χ0v) is 10.9. The van der Waals surface area contributed by atoms with Crippen molar-refractivity contribution in [1.82, 2.24) is 14.7 Å². The number of hydrogen-bond donors (Lipinski definition) is 0. The molecule has 16 heavy (non-hydrogen) atoms. The van der Waals surface area contributed by atoms with E-state index in [4.69, 9.17) is 11.6 Å². The number of aromatic nitrogens is 2. The molecule has 4 heteroatoms. The van der Waals surface area contributed by atoms with Crippen LogP contribution in [0.2, 0.25) is 0 Å². The second kappa shape index (κ2) is 5.19. The number of hydrogen-bond acceptors (Lipinski definition) is 2. The molecule has 90 valence electrons. The molecule has 0 bridgehead atoms. The van der Waals surface area contributed by atoms with E-state index in [2.05, 4.69) is 34.6 Å². The van der Waals surface area contributed by atoms with Gasteiger partial charge in [0, 0.05) is 25.0 Å². The van der Waals surface area contributed by atoms with Crippen molar-refractivity contribution in [3.63, 3.8) is 0 Å². The summed E-state index contributed by atoms with van der Waals surface area (Å²) in [6.07, 6.45) is 2.51. The number of likely N-dealkylation sites (tertiary alicyclic amines) is 1. The molecule has 0 spiro atoms. The number of nitrogens with zero attached hydrogens (tertiary/aromatic N) is 3. The fraction of sp³-hybridized carbons (Fsp3) is 0.750. The van der Waals surface area contributed by atoms with Gasteiger partial charge in [0.05, 0.1) is 11.4 Å². The van der Waals surface area contributed by atoms with Crippen molar-refractivity contribution >= 4 is 11.6 Å². The Morgan fingerprint density at radius 3 is 3.06 bits per heavy atom. The van der Waals surface area contributed by atoms with Crippen LogP contribution in [0.15, 0.2) is 6.07 Å². The predicted molar refractivity (Wildman–Crippen MR) is 66.8 cm³/mol. The van der Waals surface area contributed by atoms with Crippen molar-refractivity contribution in [3.8, 4) is 0 Å². The van der Waals surface area contributed by atoms with E-state index in [9.17, 15) is 0 Å². The Hall–Kier alpha value is -0.540. The minimum atomic E-state index is 0.558. The number of halogens is 1. The summed E-state index contributed by atoms with van der Waals surface area (Å²) in [6, 6.07) is 2.75. The third kappa shape index (κ3) is 2.41. The molecule has 1 unspecified atom stereocenters. The average Bonchev–Trinajstić information content (AvgIpc) is 2.85.